The van der Waals surface area contributed by atoms with Gasteiger partial charge < -0.3 is 39.5 Å². The summed E-state index contributed by atoms with van der Waals surface area (Å²) in [5.74, 6) is -1.13. The van der Waals surface area contributed by atoms with E-state index in [0.717, 1.165) is 44.1 Å². The fourth-order valence-corrected chi connectivity index (χ4v) is 7.07. The number of nitrogens with zero attached hydrogens (tertiary/aromatic N) is 4. The zero-order valence-electron chi connectivity index (χ0n) is 29.7. The second-order valence-electron chi connectivity index (χ2n) is 14.1. The van der Waals surface area contributed by atoms with Gasteiger partial charge in [-0.15, -0.1) is 0 Å². The van der Waals surface area contributed by atoms with Crippen LogP contribution in [-0.2, 0) is 23.9 Å². The van der Waals surface area contributed by atoms with Gasteiger partial charge in [0.1, 0.15) is 23.5 Å². The van der Waals surface area contributed by atoms with E-state index in [1.165, 1.54) is 6.07 Å². The zero-order chi connectivity index (χ0) is 35.9. The summed E-state index contributed by atoms with van der Waals surface area (Å²) in [5.41, 5.74) is 1.49. The molecule has 1 aliphatic carbocycles. The Kier molecular flexibility index (Phi) is 11.9. The van der Waals surface area contributed by atoms with Crippen LogP contribution in [0.4, 0.5) is 4.79 Å². The summed E-state index contributed by atoms with van der Waals surface area (Å²) in [4.78, 5) is 76.1. The van der Waals surface area contributed by atoms with Crippen molar-refractivity contribution in [2.45, 2.75) is 83.3 Å². The van der Waals surface area contributed by atoms with Crippen molar-refractivity contribution in [2.75, 3.05) is 59.2 Å². The third kappa shape index (κ3) is 8.71. The molecule has 5 amide bonds. The minimum atomic E-state index is -0.859. The summed E-state index contributed by atoms with van der Waals surface area (Å²) in [5, 5.41) is 6.64. The van der Waals surface area contributed by atoms with Crippen molar-refractivity contribution in [1.82, 2.24) is 30.3 Å². The molecule has 1 aromatic heterocycles. The predicted molar refractivity (Wildman–Crippen MR) is 187 cm³/mol. The fraction of sp³-hybridized carbons (Fsp3) is 0.622. The van der Waals surface area contributed by atoms with Crippen molar-refractivity contribution in [1.29, 1.82) is 0 Å². The van der Waals surface area contributed by atoms with E-state index in [0.29, 0.717) is 82.0 Å². The van der Waals surface area contributed by atoms with Crippen LogP contribution < -0.4 is 15.4 Å². The van der Waals surface area contributed by atoms with Crippen LogP contribution in [-0.4, -0.2) is 127 Å². The molecule has 0 radical (unpaired) electrons. The third-order valence-electron chi connectivity index (χ3n) is 10.4. The average Bonchev–Trinajstić information content (AvgIpc) is 3.84. The molecule has 14 heteroatoms. The molecule has 0 bridgehead atoms. The van der Waals surface area contributed by atoms with Crippen LogP contribution in [0.3, 0.4) is 0 Å². The molecular weight excluding hydrogens is 656 g/mol. The molecule has 4 heterocycles. The summed E-state index contributed by atoms with van der Waals surface area (Å²) in [6, 6.07) is 5.89. The number of carbonyl (C=O) groups is 5. The van der Waals surface area contributed by atoms with Crippen molar-refractivity contribution in [3.8, 4) is 5.75 Å². The summed E-state index contributed by atoms with van der Waals surface area (Å²) in [6.07, 6.45) is 6.35. The van der Waals surface area contributed by atoms with Gasteiger partial charge in [0.25, 0.3) is 11.8 Å². The number of pyridine rings is 1. The molecule has 4 fully saturated rings. The molecule has 0 spiro atoms. The van der Waals surface area contributed by atoms with Crippen molar-refractivity contribution in [2.24, 2.45) is 5.92 Å². The van der Waals surface area contributed by atoms with Crippen molar-refractivity contribution < 1.29 is 38.2 Å². The Bertz CT molecular complexity index is 1600. The molecule has 1 saturated carbocycles. The first-order chi connectivity index (χ1) is 24.7. The van der Waals surface area contributed by atoms with Crippen LogP contribution in [0.5, 0.6) is 5.75 Å². The lowest BCUT2D eigenvalue weighted by Gasteiger charge is -2.37. The maximum atomic E-state index is 13.9. The van der Waals surface area contributed by atoms with Crippen LogP contribution in [0.1, 0.15) is 74.3 Å². The van der Waals surface area contributed by atoms with E-state index in [9.17, 15) is 24.0 Å². The molecule has 2 N–H and O–H groups in total. The number of likely N-dealkylation sites (tertiary alicyclic amines) is 1. The number of nitrogens with one attached hydrogen (secondary N) is 2. The van der Waals surface area contributed by atoms with Gasteiger partial charge in [0.2, 0.25) is 11.8 Å². The van der Waals surface area contributed by atoms with Gasteiger partial charge in [-0.3, -0.25) is 19.2 Å². The van der Waals surface area contributed by atoms with E-state index in [2.05, 4.69) is 15.6 Å². The van der Waals surface area contributed by atoms with Crippen LogP contribution >= 0.6 is 0 Å². The minimum Gasteiger partial charge on any atom is -0.483 e. The Balaban J connectivity index is 1.14. The number of benzene rings is 1. The van der Waals surface area contributed by atoms with E-state index < -0.39 is 18.0 Å². The van der Waals surface area contributed by atoms with Gasteiger partial charge in [-0.05, 0) is 69.6 Å². The normalized spacial score (nSPS) is 21.3. The van der Waals surface area contributed by atoms with E-state index in [1.807, 2.05) is 32.0 Å². The molecule has 4 aliphatic rings. The fourth-order valence-electron chi connectivity index (χ4n) is 7.07. The zero-order valence-corrected chi connectivity index (χ0v) is 29.7. The minimum absolute atomic E-state index is 0.0471. The number of unbranched alkanes of at least 4 members (excludes halogenated alkanes) is 1. The summed E-state index contributed by atoms with van der Waals surface area (Å²) >= 11 is 0. The molecule has 3 aliphatic heterocycles. The second kappa shape index (κ2) is 16.7. The monoisotopic (exact) mass is 706 g/mol. The highest BCUT2D eigenvalue weighted by molar-refractivity contribution is 5.99. The van der Waals surface area contributed by atoms with E-state index in [1.54, 1.807) is 14.7 Å². The molecule has 3 saturated heterocycles. The molecular formula is C37H50N6O8. The number of amides is 5. The first kappa shape index (κ1) is 36.3. The first-order valence-electron chi connectivity index (χ1n) is 18.4. The lowest BCUT2D eigenvalue weighted by molar-refractivity contribution is -0.140. The maximum Gasteiger partial charge on any atom is 0.409 e. The Morgan fingerprint density at radius 2 is 1.76 bits per heavy atom. The van der Waals surface area contributed by atoms with Crippen LogP contribution in [0.25, 0.3) is 10.9 Å². The molecule has 6 rings (SSSR count). The molecule has 3 atom stereocenters. The molecule has 51 heavy (non-hydrogen) atoms. The summed E-state index contributed by atoms with van der Waals surface area (Å²) in [7, 11) is 0. The highest BCUT2D eigenvalue weighted by atomic mass is 16.6. The predicted octanol–water partition coefficient (Wildman–Crippen LogP) is 2.80. The second-order valence-corrected chi connectivity index (χ2v) is 14.1. The number of aryl methyl sites for hydroxylation is 1. The number of piperazine rings is 1. The standard InChI is InChI=1S/C37H50N6O8/c1-3-4-18-50-37(48)42-16-14-41(15-17-42)36(47)33(25-12-19-49-22-25)40-34(45)29-21-31(27-11-10-24(2)20-28(27)39-29)51-23-32(44)43-13-6-9-30(43)35(46)38-26-7-5-8-26/h10-11,20-21,25-26,30,33H,3-9,12-19,22-23H2,1-2H3,(H,38,46)(H,40,45)/t25?,30-,33?/m0/s1. The number of hydrogen-bond donors (Lipinski definition) is 2. The van der Waals surface area contributed by atoms with E-state index in [-0.39, 0.29) is 48.1 Å². The number of hydrogen-bond acceptors (Lipinski definition) is 9. The topological polar surface area (TPSA) is 160 Å². The average molecular weight is 707 g/mol. The van der Waals surface area contributed by atoms with Gasteiger partial charge in [-0.2, -0.15) is 0 Å². The molecule has 2 unspecified atom stereocenters. The number of fused-ring (bicyclic) bond motifs is 1. The van der Waals surface area contributed by atoms with Crippen LogP contribution in [0.15, 0.2) is 24.3 Å². The van der Waals surface area contributed by atoms with Gasteiger partial charge in [0, 0.05) is 62.7 Å². The van der Waals surface area contributed by atoms with Crippen molar-refractivity contribution >= 4 is 40.6 Å². The highest BCUT2D eigenvalue weighted by Crippen LogP contribution is 2.28. The first-order valence-corrected chi connectivity index (χ1v) is 18.4. The van der Waals surface area contributed by atoms with Gasteiger partial charge in [0.05, 0.1) is 18.7 Å². The number of aromatic nitrogens is 1. The van der Waals surface area contributed by atoms with Crippen LogP contribution in [0.2, 0.25) is 0 Å². The van der Waals surface area contributed by atoms with Gasteiger partial charge >= 0.3 is 6.09 Å². The van der Waals surface area contributed by atoms with E-state index >= 15 is 0 Å². The quantitative estimate of drug-likeness (QED) is 0.317. The Morgan fingerprint density at radius 1 is 0.980 bits per heavy atom. The van der Waals surface area contributed by atoms with Gasteiger partial charge in [-0.25, -0.2) is 9.78 Å². The molecule has 14 nitrogen and oxygen atoms in total. The lowest BCUT2D eigenvalue weighted by Crippen LogP contribution is -2.58. The molecule has 276 valence electrons. The number of rotatable bonds is 12. The van der Waals surface area contributed by atoms with Crippen LogP contribution in [0, 0.1) is 12.8 Å². The number of ether oxygens (including phenoxy) is 3. The molecule has 1 aromatic carbocycles. The Hall–Kier alpha value is -4.46. The smallest absolute Gasteiger partial charge is 0.409 e. The van der Waals surface area contributed by atoms with Crippen molar-refractivity contribution in [3.63, 3.8) is 0 Å². The van der Waals surface area contributed by atoms with Gasteiger partial charge in [0.15, 0.2) is 6.61 Å². The van der Waals surface area contributed by atoms with E-state index in [4.69, 9.17) is 14.2 Å². The largest absolute Gasteiger partial charge is 0.483 e. The Morgan fingerprint density at radius 3 is 2.47 bits per heavy atom. The highest BCUT2D eigenvalue weighted by Gasteiger charge is 2.38. The molecule has 2 aromatic rings. The van der Waals surface area contributed by atoms with Crippen molar-refractivity contribution in [3.05, 3.63) is 35.5 Å². The summed E-state index contributed by atoms with van der Waals surface area (Å²) in [6.45, 7) is 6.63. The Labute approximate surface area is 298 Å². The third-order valence-corrected chi connectivity index (χ3v) is 10.4. The van der Waals surface area contributed by atoms with Gasteiger partial charge in [-0.1, -0.05) is 19.4 Å². The lowest BCUT2D eigenvalue weighted by atomic mass is 9.93. The summed E-state index contributed by atoms with van der Waals surface area (Å²) < 4.78 is 17.0. The maximum absolute atomic E-state index is 13.9. The number of carbonyl (C=O) groups excluding carboxylic acids is 5. The SMILES string of the molecule is CCCCOC(=O)N1CCN(C(=O)C(NC(=O)c2cc(OCC(=O)N3CCC[C@H]3C(=O)NC3CCC3)c3ccc(C)cc3n2)C2CCOC2)CC1.